The van der Waals surface area contributed by atoms with Gasteiger partial charge in [0.05, 0.1) is 42.7 Å². The Morgan fingerprint density at radius 2 is 1.10 bits per heavy atom. The van der Waals surface area contributed by atoms with Crippen LogP contribution in [0.25, 0.3) is 44.7 Å². The van der Waals surface area contributed by atoms with Crippen LogP contribution in [0.15, 0.2) is 78.9 Å². The Balaban J connectivity index is 1.37. The summed E-state index contributed by atoms with van der Waals surface area (Å²) in [5.74, 6) is 3.61. The van der Waals surface area contributed by atoms with Gasteiger partial charge in [0.1, 0.15) is 5.01 Å². The second-order valence-corrected chi connectivity index (χ2v) is 10.9. The molecule has 2 heterocycles. The predicted molar refractivity (Wildman–Crippen MR) is 181 cm³/mol. The number of carbonyl (C=O) groups excluding carboxylic acids is 1. The first-order chi connectivity index (χ1) is 23.4. The third-order valence-corrected chi connectivity index (χ3v) is 8.25. The van der Waals surface area contributed by atoms with Crippen molar-refractivity contribution in [2.75, 3.05) is 42.7 Å². The van der Waals surface area contributed by atoms with E-state index in [2.05, 4.69) is 9.47 Å². The first-order valence-electron chi connectivity index (χ1n) is 14.5. The highest BCUT2D eigenvalue weighted by atomic mass is 32.1. The van der Waals surface area contributed by atoms with Crippen molar-refractivity contribution >= 4 is 17.4 Å². The van der Waals surface area contributed by atoms with E-state index in [4.69, 9.17) is 38.4 Å². The fraction of sp³-hybridized carbons (Fsp3) is 0.171. The summed E-state index contributed by atoms with van der Waals surface area (Å²) in [4.78, 5) is 23.3. The molecule has 4 aromatic carbocycles. The van der Waals surface area contributed by atoms with Crippen LogP contribution in [0.1, 0.15) is 10.4 Å². The number of aromatic nitrogens is 5. The summed E-state index contributed by atoms with van der Waals surface area (Å²) < 4.78 is 38.9. The number of hydrogen-bond donors (Lipinski definition) is 0. The van der Waals surface area contributed by atoms with Crippen LogP contribution in [-0.2, 0) is 0 Å². The van der Waals surface area contributed by atoms with Gasteiger partial charge in [-0.1, -0.05) is 42.5 Å². The molecule has 12 nitrogen and oxygen atoms in total. The monoisotopic (exact) mass is 665 g/mol. The quantitative estimate of drug-likeness (QED) is 0.150. The van der Waals surface area contributed by atoms with E-state index in [1.54, 1.807) is 69.9 Å². The minimum absolute atomic E-state index is 0.307. The van der Waals surface area contributed by atoms with Crippen LogP contribution in [0.4, 0.5) is 0 Å². The largest absolute Gasteiger partial charge is 0.493 e. The van der Waals surface area contributed by atoms with Gasteiger partial charge in [0.15, 0.2) is 40.5 Å². The van der Waals surface area contributed by atoms with Crippen LogP contribution < -0.4 is 28.4 Å². The van der Waals surface area contributed by atoms with E-state index in [0.717, 1.165) is 11.1 Å². The molecule has 0 spiro atoms. The van der Waals surface area contributed by atoms with Gasteiger partial charge in [-0.3, -0.25) is 4.79 Å². The van der Waals surface area contributed by atoms with Gasteiger partial charge in [0.2, 0.25) is 11.5 Å². The molecule has 2 aromatic heterocycles. The third-order valence-electron chi connectivity index (χ3n) is 7.48. The number of nitrogens with zero attached hydrogens (tertiary/aromatic N) is 5. The van der Waals surface area contributed by atoms with E-state index in [9.17, 15) is 4.79 Å². The summed E-state index contributed by atoms with van der Waals surface area (Å²) in [6.45, 7) is 0. The van der Waals surface area contributed by atoms with Crippen LogP contribution in [0.3, 0.4) is 0 Å². The molecule has 13 heteroatoms. The first kappa shape index (κ1) is 32.0. The fourth-order valence-electron chi connectivity index (χ4n) is 5.11. The minimum Gasteiger partial charge on any atom is -0.493 e. The highest BCUT2D eigenvalue weighted by molar-refractivity contribution is 7.09. The minimum atomic E-state index is -0.345. The maximum atomic E-state index is 13.7. The molecule has 6 aromatic rings. The van der Waals surface area contributed by atoms with Crippen molar-refractivity contribution in [3.8, 4) is 79.2 Å². The Bertz CT molecular complexity index is 2030. The summed E-state index contributed by atoms with van der Waals surface area (Å²) in [7, 11) is 9.26. The van der Waals surface area contributed by atoms with Crippen molar-refractivity contribution in [1.29, 1.82) is 0 Å². The van der Waals surface area contributed by atoms with Crippen LogP contribution in [0, 0.1) is 0 Å². The van der Waals surface area contributed by atoms with E-state index in [1.165, 1.54) is 37.5 Å². The van der Waals surface area contributed by atoms with Crippen LogP contribution in [0.5, 0.6) is 34.5 Å². The standard InChI is InChI=1S/C35H31N5O7S/c1-42-25-16-23(17-26(43-2)29(25)46-5)32-37-34(48-39-32)21-14-12-20(13-15-21)31-36-33(40(38-31)35(41)22-10-8-7-9-11-22)24-18-27(44-3)30(47-6)28(19-24)45-4/h7-19H,1-6H3. The van der Waals surface area contributed by atoms with E-state index in [-0.39, 0.29) is 5.91 Å². The predicted octanol–water partition coefficient (Wildman–Crippen LogP) is 6.54. The van der Waals surface area contributed by atoms with Gasteiger partial charge in [0, 0.05) is 27.8 Å². The summed E-state index contributed by atoms with van der Waals surface area (Å²) >= 11 is 1.26. The first-order valence-corrected chi connectivity index (χ1v) is 15.3. The molecule has 48 heavy (non-hydrogen) atoms. The molecule has 0 saturated heterocycles. The molecule has 0 atom stereocenters. The second kappa shape index (κ2) is 13.8. The molecular weight excluding hydrogens is 634 g/mol. The molecule has 244 valence electrons. The Labute approximate surface area is 280 Å². The lowest BCUT2D eigenvalue weighted by molar-refractivity contribution is 0.0947. The van der Waals surface area contributed by atoms with Gasteiger partial charge in [-0.25, -0.2) is 9.97 Å². The van der Waals surface area contributed by atoms with Crippen molar-refractivity contribution < 1.29 is 33.2 Å². The number of benzene rings is 4. The van der Waals surface area contributed by atoms with Crippen molar-refractivity contribution in [3.63, 3.8) is 0 Å². The van der Waals surface area contributed by atoms with Crippen molar-refractivity contribution in [2.24, 2.45) is 0 Å². The second-order valence-electron chi connectivity index (χ2n) is 10.2. The van der Waals surface area contributed by atoms with Gasteiger partial charge in [-0.2, -0.15) is 9.06 Å². The smallest absolute Gasteiger partial charge is 0.280 e. The Hall–Kier alpha value is -5.95. The van der Waals surface area contributed by atoms with E-state index < -0.39 is 0 Å². The zero-order valence-electron chi connectivity index (χ0n) is 27.0. The number of ether oxygens (including phenoxy) is 6. The molecule has 0 aliphatic heterocycles. The molecule has 0 N–H and O–H groups in total. The molecular formula is C35H31N5O7S. The zero-order chi connectivity index (χ0) is 33.8. The normalized spacial score (nSPS) is 10.8. The lowest BCUT2D eigenvalue weighted by Crippen LogP contribution is -2.15. The maximum Gasteiger partial charge on any atom is 0.280 e. The van der Waals surface area contributed by atoms with Crippen LogP contribution in [-0.4, -0.2) is 72.7 Å². The summed E-state index contributed by atoms with van der Waals surface area (Å²) in [6, 6.07) is 23.5. The van der Waals surface area contributed by atoms with Crippen molar-refractivity contribution in [1.82, 2.24) is 24.1 Å². The fourth-order valence-corrected chi connectivity index (χ4v) is 5.79. The number of carbonyl (C=O) groups is 1. The summed E-state index contributed by atoms with van der Waals surface area (Å²) in [6.07, 6.45) is 0. The SMILES string of the molecule is COc1cc(-c2nsc(-c3ccc(-c4nc(-c5cc(OC)c(OC)c(OC)c5)n(C(=O)c5ccccc5)n4)cc3)n2)cc(OC)c1OC. The van der Waals surface area contributed by atoms with Gasteiger partial charge in [0.25, 0.3) is 5.91 Å². The van der Waals surface area contributed by atoms with Gasteiger partial charge < -0.3 is 28.4 Å². The Kier molecular flexibility index (Phi) is 9.21. The highest BCUT2D eigenvalue weighted by Crippen LogP contribution is 2.42. The van der Waals surface area contributed by atoms with Crippen molar-refractivity contribution in [3.05, 3.63) is 84.4 Å². The van der Waals surface area contributed by atoms with Crippen molar-refractivity contribution in [2.45, 2.75) is 0 Å². The molecule has 0 aliphatic rings. The van der Waals surface area contributed by atoms with Crippen LogP contribution in [0.2, 0.25) is 0 Å². The van der Waals surface area contributed by atoms with Gasteiger partial charge in [-0.05, 0) is 47.9 Å². The molecule has 0 aliphatic carbocycles. The Morgan fingerprint density at radius 1 is 0.583 bits per heavy atom. The Morgan fingerprint density at radius 3 is 1.62 bits per heavy atom. The zero-order valence-corrected chi connectivity index (χ0v) is 27.8. The van der Waals surface area contributed by atoms with E-state index >= 15 is 0 Å². The van der Waals surface area contributed by atoms with Gasteiger partial charge in [-0.15, -0.1) is 5.10 Å². The third kappa shape index (κ3) is 5.98. The summed E-state index contributed by atoms with van der Waals surface area (Å²) in [5, 5.41) is 5.37. The molecule has 0 amide bonds. The molecule has 0 unspecified atom stereocenters. The lowest BCUT2D eigenvalue weighted by Gasteiger charge is -2.14. The summed E-state index contributed by atoms with van der Waals surface area (Å²) in [5.41, 5.74) is 3.27. The molecule has 0 fully saturated rings. The van der Waals surface area contributed by atoms with E-state index in [0.29, 0.717) is 73.7 Å². The molecule has 0 saturated carbocycles. The molecule has 6 rings (SSSR count). The van der Waals surface area contributed by atoms with Gasteiger partial charge >= 0.3 is 0 Å². The topological polar surface area (TPSA) is 129 Å². The number of rotatable bonds is 11. The maximum absolute atomic E-state index is 13.7. The average Bonchev–Trinajstić information content (AvgIpc) is 3.82. The van der Waals surface area contributed by atoms with Crippen LogP contribution >= 0.6 is 11.5 Å². The molecule has 0 radical (unpaired) electrons. The number of hydrogen-bond acceptors (Lipinski definition) is 12. The number of methoxy groups -OCH3 is 6. The average molecular weight is 666 g/mol. The van der Waals surface area contributed by atoms with E-state index in [1.807, 2.05) is 30.3 Å². The molecule has 0 bridgehead atoms. The highest BCUT2D eigenvalue weighted by Gasteiger charge is 2.24. The lowest BCUT2D eigenvalue weighted by atomic mass is 10.1.